The van der Waals surface area contributed by atoms with Crippen LogP contribution in [-0.4, -0.2) is 12.6 Å². The first-order valence-corrected chi connectivity index (χ1v) is 4.20. The Balaban J connectivity index is 0.000000186. The van der Waals surface area contributed by atoms with Gasteiger partial charge in [0.2, 0.25) is 0 Å². The number of hydrogen-bond donors (Lipinski definition) is 1. The van der Waals surface area contributed by atoms with E-state index in [0.29, 0.717) is 0 Å². The molecule has 2 aliphatic rings. The molecule has 1 aliphatic carbocycles. The average molecular weight is 127 g/mol. The van der Waals surface area contributed by atoms with E-state index >= 15 is 0 Å². The molecule has 1 heteroatoms. The molecule has 2 unspecified atom stereocenters. The Labute approximate surface area is 57.8 Å². The second-order valence-corrected chi connectivity index (χ2v) is 2.71. The molecule has 0 amide bonds. The zero-order valence-corrected chi connectivity index (χ0v) is 6.48. The van der Waals surface area contributed by atoms with Crippen LogP contribution in [0.25, 0.3) is 0 Å². The van der Waals surface area contributed by atoms with Crippen molar-refractivity contribution in [2.45, 2.75) is 39.2 Å². The molecule has 1 N–H and O–H groups in total. The second-order valence-electron chi connectivity index (χ2n) is 2.71. The molecule has 2 rings (SSSR count). The minimum Gasteiger partial charge on any atom is -0.313 e. The van der Waals surface area contributed by atoms with Crippen LogP contribution in [0, 0.1) is 5.92 Å². The molecular formula is C8H17N. The van der Waals surface area contributed by atoms with Crippen molar-refractivity contribution in [3.8, 4) is 0 Å². The fourth-order valence-corrected chi connectivity index (χ4v) is 1.69. The van der Waals surface area contributed by atoms with Crippen LogP contribution in [0.5, 0.6) is 0 Å². The Morgan fingerprint density at radius 1 is 1.22 bits per heavy atom. The molecular weight excluding hydrogens is 110 g/mol. The van der Waals surface area contributed by atoms with Gasteiger partial charge in [-0.15, -0.1) is 0 Å². The van der Waals surface area contributed by atoms with Crippen LogP contribution in [0.3, 0.4) is 0 Å². The third-order valence-corrected chi connectivity index (χ3v) is 2.30. The molecule has 54 valence electrons. The second kappa shape index (κ2) is 3.21. The summed E-state index contributed by atoms with van der Waals surface area (Å²) in [4.78, 5) is 0. The molecule has 2 fully saturated rings. The molecule has 2 atom stereocenters. The Hall–Kier alpha value is -0.0400. The maximum Gasteiger partial charge on any atom is 0.0108 e. The summed E-state index contributed by atoms with van der Waals surface area (Å²) in [5.41, 5.74) is 0. The van der Waals surface area contributed by atoms with Gasteiger partial charge in [0.25, 0.3) is 0 Å². The molecule has 9 heavy (non-hydrogen) atoms. The van der Waals surface area contributed by atoms with Gasteiger partial charge in [-0.05, 0) is 25.3 Å². The summed E-state index contributed by atoms with van der Waals surface area (Å²) >= 11 is 0. The minimum atomic E-state index is 0.944. The SMILES string of the molecule is C1CC2CNC2C1.CC. The van der Waals surface area contributed by atoms with Crippen LogP contribution in [0.4, 0.5) is 0 Å². The van der Waals surface area contributed by atoms with Crippen LogP contribution < -0.4 is 5.32 Å². The fraction of sp³-hybridized carbons (Fsp3) is 1.00. The fourth-order valence-electron chi connectivity index (χ4n) is 1.69. The largest absolute Gasteiger partial charge is 0.313 e. The predicted octanol–water partition coefficient (Wildman–Crippen LogP) is 1.78. The normalized spacial score (nSPS) is 38.0. The van der Waals surface area contributed by atoms with E-state index in [2.05, 4.69) is 5.32 Å². The smallest absolute Gasteiger partial charge is 0.0108 e. The monoisotopic (exact) mass is 127 g/mol. The highest BCUT2D eigenvalue weighted by Gasteiger charge is 2.33. The molecule has 1 saturated heterocycles. The summed E-state index contributed by atoms with van der Waals surface area (Å²) in [5.74, 6) is 1.08. The summed E-state index contributed by atoms with van der Waals surface area (Å²) in [6, 6.07) is 0.944. The van der Waals surface area contributed by atoms with Crippen molar-refractivity contribution in [1.29, 1.82) is 0 Å². The van der Waals surface area contributed by atoms with E-state index in [1.54, 1.807) is 0 Å². The average Bonchev–Trinajstić information content (AvgIpc) is 2.17. The van der Waals surface area contributed by atoms with Crippen LogP contribution >= 0.6 is 0 Å². The first-order chi connectivity index (χ1) is 4.47. The van der Waals surface area contributed by atoms with Crippen LogP contribution in [0.1, 0.15) is 33.1 Å². The maximum absolute atomic E-state index is 3.41. The zero-order chi connectivity index (χ0) is 6.69. The standard InChI is InChI=1S/C6H11N.C2H6/c1-2-5-4-7-6(5)3-1;1-2/h5-7H,1-4H2;1-2H3. The van der Waals surface area contributed by atoms with E-state index < -0.39 is 0 Å². The molecule has 0 radical (unpaired) electrons. The highest BCUT2D eigenvalue weighted by molar-refractivity contribution is 4.92. The maximum atomic E-state index is 3.41. The van der Waals surface area contributed by atoms with E-state index in [0.717, 1.165) is 12.0 Å². The topological polar surface area (TPSA) is 12.0 Å². The van der Waals surface area contributed by atoms with Gasteiger partial charge in [0, 0.05) is 6.04 Å². The molecule has 1 aliphatic heterocycles. The van der Waals surface area contributed by atoms with Crippen molar-refractivity contribution in [3.63, 3.8) is 0 Å². The van der Waals surface area contributed by atoms with Gasteiger partial charge in [-0.2, -0.15) is 0 Å². The van der Waals surface area contributed by atoms with E-state index in [9.17, 15) is 0 Å². The Morgan fingerprint density at radius 2 is 2.00 bits per heavy atom. The summed E-state index contributed by atoms with van der Waals surface area (Å²) in [6.45, 7) is 5.31. The number of fused-ring (bicyclic) bond motifs is 1. The number of rotatable bonds is 0. The molecule has 1 saturated carbocycles. The van der Waals surface area contributed by atoms with Gasteiger partial charge < -0.3 is 5.32 Å². The molecule has 0 aromatic heterocycles. The lowest BCUT2D eigenvalue weighted by atomic mass is 9.96. The van der Waals surface area contributed by atoms with Crippen LogP contribution in [-0.2, 0) is 0 Å². The van der Waals surface area contributed by atoms with Crippen molar-refractivity contribution in [2.24, 2.45) is 5.92 Å². The number of nitrogens with one attached hydrogen (secondary N) is 1. The Morgan fingerprint density at radius 3 is 2.22 bits per heavy atom. The summed E-state index contributed by atoms with van der Waals surface area (Å²) in [6.07, 6.45) is 4.42. The highest BCUT2D eigenvalue weighted by Crippen LogP contribution is 2.30. The molecule has 0 aromatic rings. The third-order valence-electron chi connectivity index (χ3n) is 2.30. The van der Waals surface area contributed by atoms with Gasteiger partial charge in [-0.1, -0.05) is 20.3 Å². The van der Waals surface area contributed by atoms with E-state index in [4.69, 9.17) is 0 Å². The van der Waals surface area contributed by atoms with Crippen molar-refractivity contribution in [3.05, 3.63) is 0 Å². The molecule has 0 spiro atoms. The molecule has 0 aromatic carbocycles. The van der Waals surface area contributed by atoms with Crippen LogP contribution in [0.15, 0.2) is 0 Å². The quantitative estimate of drug-likeness (QED) is 0.523. The predicted molar refractivity (Wildman–Crippen MR) is 40.5 cm³/mol. The van der Waals surface area contributed by atoms with Gasteiger partial charge in [-0.25, -0.2) is 0 Å². The van der Waals surface area contributed by atoms with Crippen molar-refractivity contribution >= 4 is 0 Å². The van der Waals surface area contributed by atoms with Gasteiger partial charge in [0.05, 0.1) is 0 Å². The summed E-state index contributed by atoms with van der Waals surface area (Å²) in [7, 11) is 0. The van der Waals surface area contributed by atoms with Gasteiger partial charge in [-0.3, -0.25) is 0 Å². The lowest BCUT2D eigenvalue weighted by molar-refractivity contribution is 0.274. The lowest BCUT2D eigenvalue weighted by Gasteiger charge is -2.31. The Kier molecular flexibility index (Phi) is 2.52. The zero-order valence-electron chi connectivity index (χ0n) is 6.48. The van der Waals surface area contributed by atoms with Gasteiger partial charge in [0.15, 0.2) is 0 Å². The highest BCUT2D eigenvalue weighted by atomic mass is 15.0. The summed E-state index contributed by atoms with van der Waals surface area (Å²) < 4.78 is 0. The lowest BCUT2D eigenvalue weighted by Crippen LogP contribution is -2.49. The van der Waals surface area contributed by atoms with Crippen molar-refractivity contribution in [1.82, 2.24) is 5.32 Å². The number of hydrogen-bond acceptors (Lipinski definition) is 1. The van der Waals surface area contributed by atoms with E-state index in [-0.39, 0.29) is 0 Å². The molecule has 1 heterocycles. The molecule has 0 bridgehead atoms. The molecule has 1 nitrogen and oxygen atoms in total. The summed E-state index contributed by atoms with van der Waals surface area (Å²) in [5, 5.41) is 3.41. The van der Waals surface area contributed by atoms with Crippen molar-refractivity contribution < 1.29 is 0 Å². The minimum absolute atomic E-state index is 0.944. The van der Waals surface area contributed by atoms with E-state index in [1.165, 1.54) is 25.8 Å². The van der Waals surface area contributed by atoms with Crippen molar-refractivity contribution in [2.75, 3.05) is 6.54 Å². The van der Waals surface area contributed by atoms with E-state index in [1.807, 2.05) is 13.8 Å². The third kappa shape index (κ3) is 1.26. The van der Waals surface area contributed by atoms with Gasteiger partial charge >= 0.3 is 0 Å². The first kappa shape index (κ1) is 7.07. The van der Waals surface area contributed by atoms with Gasteiger partial charge in [0.1, 0.15) is 0 Å². The first-order valence-electron chi connectivity index (χ1n) is 4.20. The van der Waals surface area contributed by atoms with Crippen LogP contribution in [0.2, 0.25) is 0 Å². The Bertz CT molecular complexity index is 70.6.